The summed E-state index contributed by atoms with van der Waals surface area (Å²) < 4.78 is 34.7. The Labute approximate surface area is 174 Å². The Bertz CT molecular complexity index is 1030. The monoisotopic (exact) mass is 441 g/mol. The summed E-state index contributed by atoms with van der Waals surface area (Å²) in [4.78, 5) is 12.5. The molecule has 6 nitrogen and oxygen atoms in total. The van der Waals surface area contributed by atoms with Crippen LogP contribution in [0.3, 0.4) is 0 Å². The third kappa shape index (κ3) is 5.16. The molecule has 0 aliphatic carbocycles. The number of ether oxygens (including phenoxy) is 2. The van der Waals surface area contributed by atoms with Gasteiger partial charge in [0.2, 0.25) is 0 Å². The minimum atomic E-state index is -2.99. The third-order valence-electron chi connectivity index (χ3n) is 3.76. The van der Waals surface area contributed by atoms with Crippen molar-refractivity contribution >= 4 is 34.8 Å². The quantitative estimate of drug-likeness (QED) is 0.497. The minimum Gasteiger partial charge on any atom is -0.490 e. The first kappa shape index (κ1) is 20.9. The standard InChI is InChI=1S/C19H15Cl2F2N3O3/c1-2-28-17-8-11(4-6-16(17)29-19(22)23)24-18(27)15-9-14(25-26-15)10-3-5-12(20)13(21)7-10/h3-9,19H,2H2,1H3,(H,24,27)(H,25,26). The first-order valence-corrected chi connectivity index (χ1v) is 9.16. The lowest BCUT2D eigenvalue weighted by molar-refractivity contribution is -0.0514. The number of H-pyrrole nitrogens is 1. The molecule has 0 bridgehead atoms. The summed E-state index contributed by atoms with van der Waals surface area (Å²) in [6.07, 6.45) is 0. The smallest absolute Gasteiger partial charge is 0.387 e. The predicted octanol–water partition coefficient (Wildman–Crippen LogP) is 5.64. The SMILES string of the molecule is CCOc1cc(NC(=O)c2cc(-c3ccc(Cl)c(Cl)c3)n[nH]2)ccc1OC(F)F. The van der Waals surface area contributed by atoms with Gasteiger partial charge < -0.3 is 14.8 Å². The summed E-state index contributed by atoms with van der Waals surface area (Å²) in [7, 11) is 0. The number of aromatic amines is 1. The van der Waals surface area contributed by atoms with Gasteiger partial charge in [0, 0.05) is 17.3 Å². The number of nitrogens with zero attached hydrogens (tertiary/aromatic N) is 1. The van der Waals surface area contributed by atoms with Gasteiger partial charge in [-0.25, -0.2) is 0 Å². The number of hydrogen-bond acceptors (Lipinski definition) is 4. The maximum absolute atomic E-state index is 12.5. The van der Waals surface area contributed by atoms with E-state index in [1.807, 2.05) is 0 Å². The summed E-state index contributed by atoms with van der Waals surface area (Å²) in [6, 6.07) is 10.7. The minimum absolute atomic E-state index is 0.0895. The molecule has 3 rings (SSSR count). The van der Waals surface area contributed by atoms with Crippen molar-refractivity contribution in [1.29, 1.82) is 0 Å². The van der Waals surface area contributed by atoms with Crippen LogP contribution in [0.15, 0.2) is 42.5 Å². The Hall–Kier alpha value is -2.84. The van der Waals surface area contributed by atoms with Gasteiger partial charge in [-0.1, -0.05) is 29.3 Å². The van der Waals surface area contributed by atoms with Crippen LogP contribution in [0.1, 0.15) is 17.4 Å². The van der Waals surface area contributed by atoms with E-state index in [9.17, 15) is 13.6 Å². The van der Waals surface area contributed by atoms with Crippen LogP contribution >= 0.6 is 23.2 Å². The Morgan fingerprint density at radius 2 is 1.93 bits per heavy atom. The molecule has 1 amide bonds. The second-order valence-electron chi connectivity index (χ2n) is 5.72. The fourth-order valence-electron chi connectivity index (χ4n) is 2.49. The topological polar surface area (TPSA) is 76.2 Å². The van der Waals surface area contributed by atoms with Crippen molar-refractivity contribution in [2.45, 2.75) is 13.5 Å². The summed E-state index contributed by atoms with van der Waals surface area (Å²) in [5, 5.41) is 10.2. The number of anilines is 1. The molecule has 2 aromatic carbocycles. The van der Waals surface area contributed by atoms with Crippen LogP contribution in [0.4, 0.5) is 14.5 Å². The molecule has 3 aromatic rings. The number of aromatic nitrogens is 2. The van der Waals surface area contributed by atoms with Gasteiger partial charge in [0.25, 0.3) is 5.91 Å². The van der Waals surface area contributed by atoms with Crippen LogP contribution in [0, 0.1) is 0 Å². The predicted molar refractivity (Wildman–Crippen MR) is 106 cm³/mol. The molecule has 0 unspecified atom stereocenters. The fourth-order valence-corrected chi connectivity index (χ4v) is 2.79. The van der Waals surface area contributed by atoms with Crippen LogP contribution in [-0.2, 0) is 0 Å². The largest absolute Gasteiger partial charge is 0.490 e. The number of nitrogens with one attached hydrogen (secondary N) is 2. The van der Waals surface area contributed by atoms with Crippen LogP contribution in [-0.4, -0.2) is 29.3 Å². The summed E-state index contributed by atoms with van der Waals surface area (Å²) in [6.45, 7) is -1.05. The van der Waals surface area contributed by atoms with E-state index in [1.54, 1.807) is 31.2 Å². The van der Waals surface area contributed by atoms with Crippen LogP contribution in [0.2, 0.25) is 10.0 Å². The fraction of sp³-hybridized carbons (Fsp3) is 0.158. The van der Waals surface area contributed by atoms with Crippen molar-refractivity contribution in [3.63, 3.8) is 0 Å². The van der Waals surface area contributed by atoms with Gasteiger partial charge in [-0.2, -0.15) is 13.9 Å². The third-order valence-corrected chi connectivity index (χ3v) is 4.49. The van der Waals surface area contributed by atoms with Crippen LogP contribution in [0.25, 0.3) is 11.3 Å². The number of halogens is 4. The van der Waals surface area contributed by atoms with Crippen molar-refractivity contribution < 1.29 is 23.0 Å². The van der Waals surface area contributed by atoms with E-state index in [2.05, 4.69) is 20.3 Å². The van der Waals surface area contributed by atoms with E-state index >= 15 is 0 Å². The molecular weight excluding hydrogens is 427 g/mol. The van der Waals surface area contributed by atoms with Gasteiger partial charge in [0.15, 0.2) is 11.5 Å². The number of carbonyl (C=O) groups is 1. The highest BCUT2D eigenvalue weighted by Gasteiger charge is 2.15. The van der Waals surface area contributed by atoms with E-state index in [4.69, 9.17) is 27.9 Å². The highest BCUT2D eigenvalue weighted by Crippen LogP contribution is 2.32. The molecular formula is C19H15Cl2F2N3O3. The lowest BCUT2D eigenvalue weighted by atomic mass is 10.1. The molecule has 1 heterocycles. The Morgan fingerprint density at radius 3 is 2.62 bits per heavy atom. The Morgan fingerprint density at radius 1 is 1.14 bits per heavy atom. The zero-order valence-corrected chi connectivity index (χ0v) is 16.5. The highest BCUT2D eigenvalue weighted by atomic mass is 35.5. The first-order valence-electron chi connectivity index (χ1n) is 8.41. The van der Waals surface area contributed by atoms with Crippen LogP contribution < -0.4 is 14.8 Å². The second-order valence-corrected chi connectivity index (χ2v) is 6.54. The summed E-state index contributed by atoms with van der Waals surface area (Å²) in [5.74, 6) is -0.510. The van der Waals surface area contributed by atoms with Gasteiger partial charge in [-0.05, 0) is 37.3 Å². The highest BCUT2D eigenvalue weighted by molar-refractivity contribution is 6.42. The number of carbonyl (C=O) groups excluding carboxylic acids is 1. The molecule has 1 aromatic heterocycles. The van der Waals surface area contributed by atoms with E-state index in [-0.39, 0.29) is 23.8 Å². The van der Waals surface area contributed by atoms with Crippen molar-refractivity contribution in [1.82, 2.24) is 10.2 Å². The van der Waals surface area contributed by atoms with Gasteiger partial charge in [-0.15, -0.1) is 0 Å². The molecule has 0 aliphatic heterocycles. The average Bonchev–Trinajstić information content (AvgIpc) is 3.16. The number of alkyl halides is 2. The lowest BCUT2D eigenvalue weighted by Gasteiger charge is -2.13. The van der Waals surface area contributed by atoms with Crippen LogP contribution in [0.5, 0.6) is 11.5 Å². The lowest BCUT2D eigenvalue weighted by Crippen LogP contribution is -2.13. The number of benzene rings is 2. The Balaban J connectivity index is 1.77. The number of rotatable bonds is 7. The normalized spacial score (nSPS) is 10.8. The molecule has 0 aliphatic rings. The van der Waals surface area contributed by atoms with E-state index < -0.39 is 12.5 Å². The number of hydrogen-bond donors (Lipinski definition) is 2. The summed E-state index contributed by atoms with van der Waals surface area (Å²) >= 11 is 11.9. The van der Waals surface area contributed by atoms with Crippen molar-refractivity contribution in [3.8, 4) is 22.8 Å². The van der Waals surface area contributed by atoms with Gasteiger partial charge in [0.05, 0.1) is 22.3 Å². The molecule has 0 atom stereocenters. The van der Waals surface area contributed by atoms with Gasteiger partial charge in [0.1, 0.15) is 5.69 Å². The van der Waals surface area contributed by atoms with Gasteiger partial charge >= 0.3 is 6.61 Å². The van der Waals surface area contributed by atoms with E-state index in [0.29, 0.717) is 27.0 Å². The molecule has 0 saturated heterocycles. The molecule has 0 spiro atoms. The van der Waals surface area contributed by atoms with Crippen molar-refractivity contribution in [3.05, 3.63) is 58.2 Å². The van der Waals surface area contributed by atoms with Crippen molar-refractivity contribution in [2.24, 2.45) is 0 Å². The molecule has 0 radical (unpaired) electrons. The van der Waals surface area contributed by atoms with Crippen molar-refractivity contribution in [2.75, 3.05) is 11.9 Å². The van der Waals surface area contributed by atoms with E-state index in [0.717, 1.165) is 0 Å². The Kier molecular flexibility index (Phi) is 6.56. The number of amides is 1. The van der Waals surface area contributed by atoms with Gasteiger partial charge in [-0.3, -0.25) is 9.89 Å². The summed E-state index contributed by atoms with van der Waals surface area (Å²) in [5.41, 5.74) is 1.72. The molecule has 152 valence electrons. The maximum atomic E-state index is 12.5. The maximum Gasteiger partial charge on any atom is 0.387 e. The first-order chi connectivity index (χ1) is 13.9. The average molecular weight is 442 g/mol. The second kappa shape index (κ2) is 9.11. The zero-order valence-electron chi connectivity index (χ0n) is 15.0. The molecule has 0 fully saturated rings. The molecule has 2 N–H and O–H groups in total. The molecule has 0 saturated carbocycles. The zero-order chi connectivity index (χ0) is 21.0. The van der Waals surface area contributed by atoms with E-state index in [1.165, 1.54) is 18.2 Å². The molecule has 10 heteroatoms. The molecule has 29 heavy (non-hydrogen) atoms.